The second kappa shape index (κ2) is 9.22. The predicted octanol–water partition coefficient (Wildman–Crippen LogP) is 4.12. The molecule has 0 spiro atoms. The van der Waals surface area contributed by atoms with E-state index in [9.17, 15) is 4.79 Å². The van der Waals surface area contributed by atoms with Gasteiger partial charge in [-0.2, -0.15) is 0 Å². The van der Waals surface area contributed by atoms with Crippen LogP contribution in [0, 0.1) is 6.92 Å². The maximum absolute atomic E-state index is 12.8. The lowest BCUT2D eigenvalue weighted by Crippen LogP contribution is -2.19. The highest BCUT2D eigenvalue weighted by atomic mass is 16.5. The summed E-state index contributed by atoms with van der Waals surface area (Å²) in [6, 6.07) is 14.2. The van der Waals surface area contributed by atoms with Crippen molar-refractivity contribution in [2.45, 2.75) is 13.8 Å². The monoisotopic (exact) mass is 409 g/mol. The fourth-order valence-corrected chi connectivity index (χ4v) is 3.53. The molecule has 0 unspecified atom stereocenters. The summed E-state index contributed by atoms with van der Waals surface area (Å²) in [5.41, 5.74) is 4.51. The fourth-order valence-electron chi connectivity index (χ4n) is 3.53. The minimum atomic E-state index is -0.311. The van der Waals surface area contributed by atoms with Gasteiger partial charge in [-0.05, 0) is 70.4 Å². The van der Waals surface area contributed by atoms with E-state index in [1.165, 1.54) is 0 Å². The topological polar surface area (TPSA) is 46.9 Å². The number of carbonyl (C=O) groups is 1. The van der Waals surface area contributed by atoms with Crippen LogP contribution in [0.3, 0.4) is 0 Å². The van der Waals surface area contributed by atoms with Gasteiger partial charge in [-0.15, -0.1) is 0 Å². The minimum absolute atomic E-state index is 0.311. The number of esters is 1. The van der Waals surface area contributed by atoms with Crippen LogP contribution in [-0.2, 0) is 4.74 Å². The summed E-state index contributed by atoms with van der Waals surface area (Å²) < 4.78 is 13.4. The second-order valence-corrected chi connectivity index (χ2v) is 7.76. The third kappa shape index (κ3) is 4.44. The lowest BCUT2D eigenvalue weighted by atomic mass is 10.1. The van der Waals surface area contributed by atoms with Crippen molar-refractivity contribution in [3.8, 4) is 11.4 Å². The molecule has 1 heterocycles. The van der Waals surface area contributed by atoms with E-state index in [0.717, 1.165) is 40.3 Å². The summed E-state index contributed by atoms with van der Waals surface area (Å²) >= 11 is 0. The molecule has 0 N–H and O–H groups in total. The van der Waals surface area contributed by atoms with Crippen LogP contribution in [-0.4, -0.2) is 63.4 Å². The highest BCUT2D eigenvalue weighted by molar-refractivity contribution is 6.07. The predicted molar refractivity (Wildman–Crippen MR) is 122 cm³/mol. The number of fused-ring (bicyclic) bond motifs is 1. The Morgan fingerprint density at radius 2 is 1.73 bits per heavy atom. The SMILES string of the molecule is CCOC(=O)c1c(C)n(-c2ccc(N(C)C)cc2)c2ccc(OCCN(C)C)cc12. The van der Waals surface area contributed by atoms with Crippen LogP contribution in [0.4, 0.5) is 5.69 Å². The molecule has 2 aromatic carbocycles. The molecular weight excluding hydrogens is 378 g/mol. The number of likely N-dealkylation sites (N-methyl/N-ethyl adjacent to an activating group) is 1. The van der Waals surface area contributed by atoms with Crippen LogP contribution in [0.2, 0.25) is 0 Å². The van der Waals surface area contributed by atoms with Crippen molar-refractivity contribution >= 4 is 22.6 Å². The number of benzene rings is 2. The van der Waals surface area contributed by atoms with Gasteiger partial charge < -0.3 is 23.8 Å². The smallest absolute Gasteiger partial charge is 0.340 e. The van der Waals surface area contributed by atoms with Crippen molar-refractivity contribution in [2.24, 2.45) is 0 Å². The van der Waals surface area contributed by atoms with Gasteiger partial charge in [0.25, 0.3) is 0 Å². The van der Waals surface area contributed by atoms with E-state index in [2.05, 4.69) is 38.6 Å². The minimum Gasteiger partial charge on any atom is -0.492 e. The molecule has 30 heavy (non-hydrogen) atoms. The van der Waals surface area contributed by atoms with E-state index in [1.807, 2.05) is 60.2 Å². The highest BCUT2D eigenvalue weighted by Crippen LogP contribution is 2.33. The van der Waals surface area contributed by atoms with Crippen LogP contribution in [0.25, 0.3) is 16.6 Å². The lowest BCUT2D eigenvalue weighted by Gasteiger charge is -2.14. The summed E-state index contributed by atoms with van der Waals surface area (Å²) in [7, 11) is 8.05. The second-order valence-electron chi connectivity index (χ2n) is 7.76. The summed E-state index contributed by atoms with van der Waals surface area (Å²) in [6.45, 7) is 5.52. The third-order valence-corrected chi connectivity index (χ3v) is 5.09. The van der Waals surface area contributed by atoms with Crippen LogP contribution >= 0.6 is 0 Å². The van der Waals surface area contributed by atoms with Crippen molar-refractivity contribution < 1.29 is 14.3 Å². The number of hydrogen-bond acceptors (Lipinski definition) is 5. The van der Waals surface area contributed by atoms with Crippen molar-refractivity contribution in [2.75, 3.05) is 52.8 Å². The number of carbonyl (C=O) groups excluding carboxylic acids is 1. The molecule has 0 fully saturated rings. The number of anilines is 1. The number of ether oxygens (including phenoxy) is 2. The number of hydrogen-bond donors (Lipinski definition) is 0. The first-order chi connectivity index (χ1) is 14.3. The maximum Gasteiger partial charge on any atom is 0.340 e. The molecule has 0 aliphatic heterocycles. The lowest BCUT2D eigenvalue weighted by molar-refractivity contribution is 0.0527. The molecule has 3 aromatic rings. The number of rotatable bonds is 8. The molecular formula is C24H31N3O3. The first-order valence-electron chi connectivity index (χ1n) is 10.2. The Labute approximate surface area is 178 Å². The summed E-state index contributed by atoms with van der Waals surface area (Å²) in [4.78, 5) is 16.9. The van der Waals surface area contributed by atoms with Crippen molar-refractivity contribution in [1.82, 2.24) is 9.47 Å². The molecule has 0 radical (unpaired) electrons. The van der Waals surface area contributed by atoms with Crippen LogP contribution in [0.15, 0.2) is 42.5 Å². The Morgan fingerprint density at radius 1 is 1.03 bits per heavy atom. The Balaban J connectivity index is 2.10. The first kappa shape index (κ1) is 21.7. The molecule has 0 saturated heterocycles. The normalized spacial score (nSPS) is 11.2. The molecule has 6 nitrogen and oxygen atoms in total. The van der Waals surface area contributed by atoms with Crippen molar-refractivity contribution in [1.29, 1.82) is 0 Å². The molecule has 0 amide bonds. The Hall–Kier alpha value is -2.99. The summed E-state index contributed by atoms with van der Waals surface area (Å²) in [5.74, 6) is 0.434. The highest BCUT2D eigenvalue weighted by Gasteiger charge is 2.22. The Kier molecular flexibility index (Phi) is 6.67. The zero-order chi connectivity index (χ0) is 21.8. The largest absolute Gasteiger partial charge is 0.492 e. The van der Waals surface area contributed by atoms with Gasteiger partial charge in [-0.3, -0.25) is 0 Å². The number of aromatic nitrogens is 1. The molecule has 160 valence electrons. The Bertz CT molecular complexity index is 1020. The molecule has 0 bridgehead atoms. The van der Waals surface area contributed by atoms with Gasteiger partial charge in [0.2, 0.25) is 0 Å². The van der Waals surface area contributed by atoms with Gasteiger partial charge in [0.15, 0.2) is 0 Å². The van der Waals surface area contributed by atoms with Crippen LogP contribution in [0.5, 0.6) is 5.75 Å². The molecule has 0 aliphatic rings. The van der Waals surface area contributed by atoms with Gasteiger partial charge in [-0.25, -0.2) is 4.79 Å². The zero-order valence-electron chi connectivity index (χ0n) is 18.7. The standard InChI is InChI=1S/C24H31N3O3/c1-7-29-24(28)23-17(2)27(19-10-8-18(9-11-19)26(5)6)22-13-12-20(16-21(22)23)30-15-14-25(3)4/h8-13,16H,7,14-15H2,1-6H3. The molecule has 1 aromatic heterocycles. The maximum atomic E-state index is 12.8. The van der Waals surface area contributed by atoms with E-state index in [-0.39, 0.29) is 5.97 Å². The average Bonchev–Trinajstić information content (AvgIpc) is 2.99. The van der Waals surface area contributed by atoms with E-state index in [4.69, 9.17) is 9.47 Å². The van der Waals surface area contributed by atoms with Gasteiger partial charge in [0.1, 0.15) is 12.4 Å². The average molecular weight is 410 g/mol. The molecule has 0 atom stereocenters. The van der Waals surface area contributed by atoms with Gasteiger partial charge in [-0.1, -0.05) is 0 Å². The molecule has 0 saturated carbocycles. The molecule has 6 heteroatoms. The summed E-state index contributed by atoms with van der Waals surface area (Å²) in [6.07, 6.45) is 0. The van der Waals surface area contributed by atoms with E-state index in [1.54, 1.807) is 0 Å². The van der Waals surface area contributed by atoms with E-state index < -0.39 is 0 Å². The van der Waals surface area contributed by atoms with Gasteiger partial charge in [0, 0.05) is 43.1 Å². The van der Waals surface area contributed by atoms with E-state index in [0.29, 0.717) is 18.8 Å². The van der Waals surface area contributed by atoms with E-state index >= 15 is 0 Å². The van der Waals surface area contributed by atoms with Gasteiger partial charge >= 0.3 is 5.97 Å². The number of nitrogens with zero attached hydrogens (tertiary/aromatic N) is 3. The van der Waals surface area contributed by atoms with Crippen LogP contribution in [0.1, 0.15) is 23.0 Å². The van der Waals surface area contributed by atoms with Crippen molar-refractivity contribution in [3.63, 3.8) is 0 Å². The zero-order valence-corrected chi connectivity index (χ0v) is 18.7. The first-order valence-corrected chi connectivity index (χ1v) is 10.2. The Morgan fingerprint density at radius 3 is 2.33 bits per heavy atom. The summed E-state index contributed by atoms with van der Waals surface area (Å²) in [5, 5.41) is 0.838. The van der Waals surface area contributed by atoms with Crippen molar-refractivity contribution in [3.05, 3.63) is 53.7 Å². The quantitative estimate of drug-likeness (QED) is 0.524. The molecule has 0 aliphatic carbocycles. The van der Waals surface area contributed by atoms with Crippen LogP contribution < -0.4 is 9.64 Å². The van der Waals surface area contributed by atoms with Gasteiger partial charge in [0.05, 0.1) is 17.7 Å². The molecule has 3 rings (SSSR count). The fraction of sp³-hybridized carbons (Fsp3) is 0.375. The third-order valence-electron chi connectivity index (χ3n) is 5.09.